The summed E-state index contributed by atoms with van der Waals surface area (Å²) in [6, 6.07) is 9.21. The van der Waals surface area contributed by atoms with Gasteiger partial charge in [-0.15, -0.1) is 0 Å². The summed E-state index contributed by atoms with van der Waals surface area (Å²) >= 11 is 0. The Bertz CT molecular complexity index is 4310. The van der Waals surface area contributed by atoms with Crippen LogP contribution in [0.2, 0.25) is 0 Å². The fraction of sp³-hybridized carbons (Fsp3) is 0.861. The highest BCUT2D eigenvalue weighted by Gasteiger charge is 2.65. The smallest absolute Gasteiger partial charge is 0.376 e. The monoisotopic (exact) mass is 2020 g/mol. The van der Waals surface area contributed by atoms with Crippen molar-refractivity contribution in [2.24, 2.45) is 108 Å². The van der Waals surface area contributed by atoms with Gasteiger partial charge < -0.3 is 66.7 Å². The molecule has 0 aromatic heterocycles. The van der Waals surface area contributed by atoms with Gasteiger partial charge in [-0.3, -0.25) is 33.6 Å². The summed E-state index contributed by atoms with van der Waals surface area (Å²) in [5.41, 5.74) is -2.37. The predicted octanol–water partition coefficient (Wildman–Crippen LogP) is 23.3. The topological polar surface area (TPSA) is 311 Å². The molecule has 18 fully saturated rings. The Morgan fingerprint density at radius 2 is 0.958 bits per heavy atom. The van der Waals surface area contributed by atoms with Gasteiger partial charge in [-0.2, -0.15) is 8.78 Å². The molecule has 11 unspecified atom stereocenters. The molecule has 24 nitrogen and oxygen atoms in total. The molecule has 3 saturated heterocycles. The first-order chi connectivity index (χ1) is 66.3. The van der Waals surface area contributed by atoms with E-state index in [2.05, 4.69) is 65.8 Å². The molecule has 11 atom stereocenters. The third-order valence-electron chi connectivity index (χ3n) is 36.0. The number of carbonyl (C=O) groups excluding carboxylic acids is 10. The van der Waals surface area contributed by atoms with E-state index in [0.717, 1.165) is 160 Å². The number of unbranched alkanes of at least 4 members (excludes halogenated alkanes) is 1. The summed E-state index contributed by atoms with van der Waals surface area (Å²) in [6.45, 7) is 51.8. The van der Waals surface area contributed by atoms with Crippen LogP contribution < -0.4 is 0 Å². The Hall–Kier alpha value is -6.03. The molecule has 0 spiro atoms. The van der Waals surface area contributed by atoms with E-state index in [9.17, 15) is 61.8 Å². The molecule has 18 aliphatic rings. The molecule has 0 amide bonds. The molecular formula is C115H185F2O24S+. The zero-order valence-corrected chi connectivity index (χ0v) is 92.6. The maximum absolute atomic E-state index is 13.3. The van der Waals surface area contributed by atoms with Crippen LogP contribution in [0.4, 0.5) is 8.78 Å². The van der Waals surface area contributed by atoms with Crippen LogP contribution in [0, 0.1) is 108 Å². The average Bonchev–Trinajstić information content (AvgIpc) is 1.33. The van der Waals surface area contributed by atoms with Crippen molar-refractivity contribution in [2.75, 3.05) is 64.4 Å². The van der Waals surface area contributed by atoms with E-state index < -0.39 is 63.2 Å². The van der Waals surface area contributed by atoms with Gasteiger partial charge in [0, 0.05) is 54.5 Å². The van der Waals surface area contributed by atoms with E-state index in [1.54, 1.807) is 27.7 Å². The number of benzene rings is 1. The number of esters is 10. The molecule has 1 aromatic rings. The van der Waals surface area contributed by atoms with Crippen molar-refractivity contribution in [3.05, 3.63) is 29.8 Å². The lowest BCUT2D eigenvalue weighted by molar-refractivity contribution is -0.225. The van der Waals surface area contributed by atoms with Gasteiger partial charge in [0.1, 0.15) is 40.5 Å². The van der Waals surface area contributed by atoms with Crippen LogP contribution >= 0.6 is 0 Å². The van der Waals surface area contributed by atoms with Crippen LogP contribution in [0.15, 0.2) is 29.2 Å². The Morgan fingerprint density at radius 3 is 1.44 bits per heavy atom. The van der Waals surface area contributed by atoms with E-state index in [-0.39, 0.29) is 129 Å². The van der Waals surface area contributed by atoms with Gasteiger partial charge in [0.25, 0.3) is 0 Å². The first-order valence-electron chi connectivity index (χ1n) is 55.0. The number of rotatable bonds is 34. The van der Waals surface area contributed by atoms with Gasteiger partial charge >= 0.3 is 65.6 Å². The minimum atomic E-state index is -3.45. The number of ether oxygens (including phenoxy) is 13. The van der Waals surface area contributed by atoms with Crippen LogP contribution in [-0.4, -0.2) is 182 Å². The summed E-state index contributed by atoms with van der Waals surface area (Å²) in [6.07, 6.45) is 32.6. The molecule has 3 aliphatic heterocycles. The number of hydrogen-bond acceptors (Lipinski definition) is 24. The second-order valence-electron chi connectivity index (χ2n) is 50.8. The first-order valence-corrected chi connectivity index (χ1v) is 56.5. The largest absolute Gasteiger partial charge is 0.465 e. The number of carbonyl (C=O) groups is 10. The Kier molecular flexibility index (Phi) is 40.1. The zero-order chi connectivity index (χ0) is 105. The Morgan fingerprint density at radius 1 is 0.479 bits per heavy atom. The molecular weight excluding hydrogens is 1840 g/mol. The molecule has 142 heavy (non-hydrogen) atoms. The van der Waals surface area contributed by atoms with Crippen molar-refractivity contribution in [2.45, 2.75) is 461 Å². The number of hydrogen-bond donors (Lipinski definition) is 1. The van der Waals surface area contributed by atoms with Crippen molar-refractivity contribution in [1.29, 1.82) is 0 Å². The SMILES string of the molecule is CC(C)(C)c1ccc([S+]2CCOCC2)cc1.CCC(C)(C)C(=O)OC1(CC)C2CC3CC(C2)CC1C3.CCC(C)(C)C(=O)OC12CC3CC(CC(O)(C3)C1)C2.CCC(C)(C)C(=O)OC1CCOC1=O.CCC(C)(C)C(=O)OCC(=O)OC1C2CC3C(=O)OC1C3C2.CCC(C)(C)C(=O)OCCCCOC(C)OCC12CC3CC(CC(COC(=O)C(C)(F)F)(C3)C1)C2.CCC1(OC(=O)C(C)(C)CC)CCCCC1. The quantitative estimate of drug-likeness (QED) is 0.0220. The highest BCUT2D eigenvalue weighted by Crippen LogP contribution is 2.67. The molecule has 1 aromatic carbocycles. The van der Waals surface area contributed by atoms with E-state index in [1.807, 2.05) is 96.9 Å². The summed E-state index contributed by atoms with van der Waals surface area (Å²) in [7, 11) is 0.432. The van der Waals surface area contributed by atoms with Gasteiger partial charge in [0.15, 0.2) is 17.8 Å². The third-order valence-corrected chi connectivity index (χ3v) is 38.3. The third kappa shape index (κ3) is 30.0. The first kappa shape index (κ1) is 118. The molecule has 19 rings (SSSR count). The standard InChI is InChI=1S/C27H44F2O6.C18H30O2.C16H22O6.C16H26O3.C14H26O2.C14H21OS.C10H16O4/c1-6-24(3,4)22(30)33-10-8-7-9-32-19(2)34-17-26-12-20-11-21(13-26)15-27(14-20,16-26)18-35-23(31)25(5,28)29;1-5-17(3,4)16(19)20-18(6-2)14-8-12-7-13(10-14)11-15(18)9-12;1-4-16(2,3)15(19)20-7-11(17)21-12-8-5-9-10(6-8)14(18)22-13(9)12;1-4-14(2,3)13(17)19-16-8-11-5-12(9-16)7-15(18,6-11)10-16;1-5-13(3,4)12(15)16-14(6-2)10-8-7-9-11-14;1-14(2,3)12-4-6-13(7-5-12)16-10-8-15-9-11-16;1-4-10(2,3)9(12)14-7-5-6-13-8(7)11/h19-21H,6-18H2,1-5H3;12-15H,5-11H2,1-4H3;8-10,12-13H,4-7H2,1-3H3;11-12,18H,4-10H2,1-3H3;5-11H2,1-4H3;4-7H,8-11H2,1-3H3;7H,4-6H2,1-3H3/q;;;;;+1;. The number of cyclic esters (lactones) is 1. The van der Waals surface area contributed by atoms with E-state index in [1.165, 1.54) is 86.2 Å². The summed E-state index contributed by atoms with van der Waals surface area (Å²) in [4.78, 5) is 120. The van der Waals surface area contributed by atoms with Gasteiger partial charge in [-0.05, 0) is 371 Å². The van der Waals surface area contributed by atoms with Crippen LogP contribution in [0.5, 0.6) is 0 Å². The van der Waals surface area contributed by atoms with Crippen molar-refractivity contribution in [3.8, 4) is 0 Å². The predicted molar refractivity (Wildman–Crippen MR) is 541 cm³/mol. The number of aliphatic hydroxyl groups is 1. The van der Waals surface area contributed by atoms with Gasteiger partial charge in [0.05, 0.1) is 83.7 Å². The van der Waals surface area contributed by atoms with Gasteiger partial charge in [0.2, 0.25) is 6.10 Å². The molecule has 15 saturated carbocycles. The lowest BCUT2D eigenvalue weighted by atomic mass is 9.44. The summed E-state index contributed by atoms with van der Waals surface area (Å²) in [5.74, 6) is 1.11. The lowest BCUT2D eigenvalue weighted by Gasteiger charge is -2.61. The van der Waals surface area contributed by atoms with E-state index in [0.29, 0.717) is 105 Å². The average molecular weight is 2020 g/mol. The van der Waals surface area contributed by atoms with Crippen molar-refractivity contribution >= 4 is 70.6 Å². The lowest BCUT2D eigenvalue weighted by Crippen LogP contribution is -2.61. The van der Waals surface area contributed by atoms with Crippen LogP contribution in [0.3, 0.4) is 0 Å². The fourth-order valence-corrected chi connectivity index (χ4v) is 27.3. The van der Waals surface area contributed by atoms with E-state index in [4.69, 9.17) is 61.6 Å². The van der Waals surface area contributed by atoms with Crippen molar-refractivity contribution in [3.63, 3.8) is 0 Å². The molecule has 1 N–H and O–H groups in total. The number of halogens is 2. The fourth-order valence-electron chi connectivity index (χ4n) is 25.5. The summed E-state index contributed by atoms with van der Waals surface area (Å²) < 4.78 is 98.0. The van der Waals surface area contributed by atoms with Crippen LogP contribution in [0.25, 0.3) is 0 Å². The van der Waals surface area contributed by atoms with Crippen molar-refractivity contribution in [1.82, 2.24) is 0 Å². The Balaban J connectivity index is 0.000000174. The number of alkyl halides is 2. The molecule has 15 aliphatic carbocycles. The number of fused-ring (bicyclic) bond motifs is 1. The maximum atomic E-state index is 13.3. The maximum Gasteiger partial charge on any atom is 0.376 e. The normalized spacial score (nSPS) is 31.6. The highest BCUT2D eigenvalue weighted by molar-refractivity contribution is 7.97. The second kappa shape index (κ2) is 48.3. The molecule has 27 heteroatoms. The van der Waals surface area contributed by atoms with Gasteiger partial charge in [-0.25, -0.2) is 14.4 Å². The summed E-state index contributed by atoms with van der Waals surface area (Å²) in [5, 5.41) is 10.6. The van der Waals surface area contributed by atoms with Crippen LogP contribution in [0.1, 0.15) is 403 Å². The minimum absolute atomic E-state index is 0.00310. The highest BCUT2D eigenvalue weighted by atomic mass is 32.2. The van der Waals surface area contributed by atoms with E-state index >= 15 is 0 Å². The van der Waals surface area contributed by atoms with Crippen molar-refractivity contribution < 1.29 is 123 Å². The molecule has 0 radical (unpaired) electrons. The minimum Gasteiger partial charge on any atom is -0.465 e. The molecule has 14 bridgehead atoms. The van der Waals surface area contributed by atoms with Crippen LogP contribution in [-0.2, 0) is 126 Å². The Labute approximate surface area is 852 Å². The molecule has 808 valence electrons. The van der Waals surface area contributed by atoms with Gasteiger partial charge in [-0.1, -0.05) is 94.7 Å². The zero-order valence-electron chi connectivity index (χ0n) is 91.8. The second-order valence-corrected chi connectivity index (χ2v) is 53.0. The molecule has 3 heterocycles.